The van der Waals surface area contributed by atoms with Gasteiger partial charge in [-0.15, -0.1) is 5.10 Å². The molecule has 40 heavy (non-hydrogen) atoms. The van der Waals surface area contributed by atoms with Gasteiger partial charge < -0.3 is 10.6 Å². The van der Waals surface area contributed by atoms with Crippen molar-refractivity contribution < 1.29 is 4.79 Å². The van der Waals surface area contributed by atoms with Gasteiger partial charge in [-0.25, -0.2) is 4.68 Å². The number of aryl methyl sites for hydroxylation is 1. The van der Waals surface area contributed by atoms with E-state index in [2.05, 4.69) is 34.9 Å². The predicted octanol–water partition coefficient (Wildman–Crippen LogP) is 7.92. The summed E-state index contributed by atoms with van der Waals surface area (Å²) < 4.78 is 1.84. The summed E-state index contributed by atoms with van der Waals surface area (Å²) in [6.07, 6.45) is 0. The van der Waals surface area contributed by atoms with Crippen LogP contribution in [0.2, 0.25) is 5.02 Å². The van der Waals surface area contributed by atoms with Gasteiger partial charge in [-0.3, -0.25) is 4.79 Å². The Labute approximate surface area is 242 Å². The Kier molecular flexibility index (Phi) is 7.09. The number of hydrogen-bond acceptors (Lipinski definition) is 5. The van der Waals surface area contributed by atoms with Crippen LogP contribution in [-0.2, 0) is 10.5 Å². The third kappa shape index (κ3) is 4.87. The molecule has 1 aliphatic heterocycles. The third-order valence-corrected chi connectivity index (χ3v) is 8.62. The predicted molar refractivity (Wildman–Crippen MR) is 164 cm³/mol. The summed E-state index contributed by atoms with van der Waals surface area (Å²) in [6, 6.07) is 27.6. The number of benzene rings is 4. The molecule has 4 aromatic carbocycles. The highest BCUT2D eigenvalue weighted by atomic mass is 35.5. The molecule has 1 aliphatic rings. The second-order valence-corrected chi connectivity index (χ2v) is 11.2. The Morgan fingerprint density at radius 1 is 0.975 bits per heavy atom. The summed E-state index contributed by atoms with van der Waals surface area (Å²) >= 11 is 7.90. The van der Waals surface area contributed by atoms with Crippen LogP contribution in [0.3, 0.4) is 0 Å². The summed E-state index contributed by atoms with van der Waals surface area (Å²) in [5, 5.41) is 14.9. The lowest BCUT2D eigenvalue weighted by Crippen LogP contribution is -2.31. The first-order valence-electron chi connectivity index (χ1n) is 13.1. The first-order valence-corrected chi connectivity index (χ1v) is 14.4. The molecule has 2 N–H and O–H groups in total. The van der Waals surface area contributed by atoms with Crippen molar-refractivity contribution in [2.24, 2.45) is 0 Å². The average molecular weight is 566 g/mol. The molecule has 6 nitrogen and oxygen atoms in total. The summed E-state index contributed by atoms with van der Waals surface area (Å²) in [4.78, 5) is 18.8. The van der Waals surface area contributed by atoms with Crippen molar-refractivity contribution in [2.45, 2.75) is 37.7 Å². The van der Waals surface area contributed by atoms with E-state index in [0.29, 0.717) is 27.5 Å². The van der Waals surface area contributed by atoms with Crippen LogP contribution < -0.4 is 10.6 Å². The number of carbonyl (C=O) groups excluding carboxylic acids is 1. The Morgan fingerprint density at radius 2 is 1.73 bits per heavy atom. The zero-order valence-electron chi connectivity index (χ0n) is 22.4. The van der Waals surface area contributed by atoms with Gasteiger partial charge in [-0.1, -0.05) is 96.2 Å². The highest BCUT2D eigenvalue weighted by Gasteiger charge is 2.35. The second-order valence-electron chi connectivity index (χ2n) is 9.88. The van der Waals surface area contributed by atoms with Gasteiger partial charge in [-0.2, -0.15) is 4.98 Å². The molecule has 1 atom stereocenters. The summed E-state index contributed by atoms with van der Waals surface area (Å²) in [5.74, 6) is 1.05. The largest absolute Gasteiger partial charge is 0.328 e. The van der Waals surface area contributed by atoms with Crippen molar-refractivity contribution in [3.05, 3.63) is 123 Å². The van der Waals surface area contributed by atoms with Crippen LogP contribution in [0, 0.1) is 13.8 Å². The van der Waals surface area contributed by atoms with Crippen LogP contribution >= 0.6 is 23.4 Å². The van der Waals surface area contributed by atoms with Crippen molar-refractivity contribution in [3.8, 4) is 0 Å². The number of rotatable bonds is 6. The van der Waals surface area contributed by atoms with Crippen molar-refractivity contribution in [2.75, 3.05) is 10.6 Å². The number of nitrogens with one attached hydrogen (secondary N) is 2. The molecule has 0 spiro atoms. The van der Waals surface area contributed by atoms with E-state index in [9.17, 15) is 4.79 Å². The zero-order chi connectivity index (χ0) is 27.8. The van der Waals surface area contributed by atoms with E-state index in [4.69, 9.17) is 21.7 Å². The summed E-state index contributed by atoms with van der Waals surface area (Å²) in [7, 11) is 0. The van der Waals surface area contributed by atoms with Gasteiger partial charge in [0, 0.05) is 22.2 Å². The van der Waals surface area contributed by atoms with Crippen molar-refractivity contribution >= 4 is 51.7 Å². The van der Waals surface area contributed by atoms with Crippen molar-refractivity contribution in [1.82, 2.24) is 14.8 Å². The monoisotopic (exact) mass is 565 g/mol. The van der Waals surface area contributed by atoms with Gasteiger partial charge in [0.15, 0.2) is 0 Å². The summed E-state index contributed by atoms with van der Waals surface area (Å²) in [6.45, 7) is 5.98. The fraction of sp³-hybridized carbons (Fsp3) is 0.156. The van der Waals surface area contributed by atoms with E-state index in [1.54, 1.807) is 0 Å². The molecule has 8 heteroatoms. The van der Waals surface area contributed by atoms with Crippen LogP contribution in [0.15, 0.2) is 101 Å². The molecule has 0 radical (unpaired) electrons. The SMILES string of the molecule is CC1=C(C(=O)Nc2cccc(C)c2C)C(c2cccc3ccccc23)n2nc(SCc3ccccc3Cl)nc2N1. The quantitative estimate of drug-likeness (QED) is 0.205. The second kappa shape index (κ2) is 10.8. The number of amides is 1. The molecule has 1 amide bonds. The molecular formula is C32H28ClN5OS. The Hall–Kier alpha value is -4.07. The van der Waals surface area contributed by atoms with E-state index in [-0.39, 0.29) is 5.91 Å². The van der Waals surface area contributed by atoms with Gasteiger partial charge in [0.2, 0.25) is 11.1 Å². The Bertz CT molecular complexity index is 1790. The number of hydrogen-bond donors (Lipinski definition) is 2. The maximum absolute atomic E-state index is 14.0. The number of fused-ring (bicyclic) bond motifs is 2. The standard InChI is InChI=1S/C32H28ClN5OS/c1-19-10-8-17-27(20(19)2)35-30(39)28-21(3)34-31-36-32(40-18-23-12-5-7-16-26(23)33)37-38(31)29(28)25-15-9-13-22-11-4-6-14-24(22)25/h4-17,29H,18H2,1-3H3,(H,35,39)(H,34,36,37). The van der Waals surface area contributed by atoms with Crippen molar-refractivity contribution in [3.63, 3.8) is 0 Å². The number of allylic oxidation sites excluding steroid dienone is 1. The first kappa shape index (κ1) is 26.2. The van der Waals surface area contributed by atoms with Gasteiger partial charge in [0.1, 0.15) is 6.04 Å². The molecule has 200 valence electrons. The lowest BCUT2D eigenvalue weighted by atomic mass is 9.91. The molecule has 6 rings (SSSR count). The number of aromatic nitrogens is 3. The van der Waals surface area contributed by atoms with Gasteiger partial charge >= 0.3 is 0 Å². The molecule has 2 heterocycles. The molecule has 5 aromatic rings. The van der Waals surface area contributed by atoms with Gasteiger partial charge in [-0.05, 0) is 65.9 Å². The van der Waals surface area contributed by atoms with Gasteiger partial charge in [0.25, 0.3) is 5.91 Å². The van der Waals surface area contributed by atoms with Crippen LogP contribution in [0.25, 0.3) is 10.8 Å². The fourth-order valence-electron chi connectivity index (χ4n) is 5.10. The molecule has 0 saturated heterocycles. The van der Waals surface area contributed by atoms with Crippen LogP contribution in [0.1, 0.15) is 35.2 Å². The van der Waals surface area contributed by atoms with Crippen molar-refractivity contribution in [1.29, 1.82) is 0 Å². The Balaban J connectivity index is 1.43. The highest BCUT2D eigenvalue weighted by Crippen LogP contribution is 2.40. The smallest absolute Gasteiger partial charge is 0.255 e. The lowest BCUT2D eigenvalue weighted by Gasteiger charge is -2.29. The van der Waals surface area contributed by atoms with Crippen LogP contribution in [0.5, 0.6) is 0 Å². The lowest BCUT2D eigenvalue weighted by molar-refractivity contribution is -0.113. The molecule has 0 bridgehead atoms. The van der Waals surface area contributed by atoms with Crippen LogP contribution in [0.4, 0.5) is 11.6 Å². The Morgan fingerprint density at radius 3 is 2.58 bits per heavy atom. The third-order valence-electron chi connectivity index (χ3n) is 7.36. The number of halogens is 1. The maximum atomic E-state index is 14.0. The topological polar surface area (TPSA) is 71.8 Å². The van der Waals surface area contributed by atoms with E-state index in [0.717, 1.165) is 44.4 Å². The maximum Gasteiger partial charge on any atom is 0.255 e. The van der Waals surface area contributed by atoms with E-state index in [1.165, 1.54) is 11.8 Å². The zero-order valence-corrected chi connectivity index (χ0v) is 24.0. The minimum Gasteiger partial charge on any atom is -0.328 e. The normalized spacial score (nSPS) is 14.7. The number of carbonyl (C=O) groups is 1. The average Bonchev–Trinajstić information content (AvgIpc) is 3.36. The number of nitrogens with zero attached hydrogens (tertiary/aromatic N) is 3. The molecule has 0 fully saturated rings. The molecule has 1 aromatic heterocycles. The highest BCUT2D eigenvalue weighted by molar-refractivity contribution is 7.98. The number of thioether (sulfide) groups is 1. The van der Waals surface area contributed by atoms with E-state index < -0.39 is 6.04 Å². The number of anilines is 2. The molecule has 0 saturated carbocycles. The molecular weight excluding hydrogens is 538 g/mol. The van der Waals surface area contributed by atoms with Gasteiger partial charge in [0.05, 0.1) is 5.57 Å². The molecule has 0 aliphatic carbocycles. The van der Waals surface area contributed by atoms with E-state index >= 15 is 0 Å². The minimum absolute atomic E-state index is 0.178. The summed E-state index contributed by atoms with van der Waals surface area (Å²) in [5.41, 5.74) is 6.29. The minimum atomic E-state index is -0.477. The first-order chi connectivity index (χ1) is 19.4. The molecule has 1 unspecified atom stereocenters. The van der Waals surface area contributed by atoms with Crippen LogP contribution in [-0.4, -0.2) is 20.7 Å². The fourth-order valence-corrected chi connectivity index (χ4v) is 6.21. The van der Waals surface area contributed by atoms with E-state index in [1.807, 2.05) is 86.1 Å².